The number of hydrogen-bond donors (Lipinski definition) is 0. The Morgan fingerprint density at radius 1 is 1.07 bits per heavy atom. The number of imide groups is 1. The van der Waals surface area contributed by atoms with Gasteiger partial charge in [-0.3, -0.25) is 19.3 Å². The molecule has 0 saturated carbocycles. The highest BCUT2D eigenvalue weighted by Gasteiger charge is 2.50. The van der Waals surface area contributed by atoms with Crippen LogP contribution in [-0.4, -0.2) is 35.2 Å². The molecule has 2 aliphatic rings. The van der Waals surface area contributed by atoms with E-state index in [1.54, 1.807) is 60.0 Å². The number of benzene rings is 2. The van der Waals surface area contributed by atoms with E-state index in [-0.39, 0.29) is 47.5 Å². The van der Waals surface area contributed by atoms with Gasteiger partial charge in [0.15, 0.2) is 6.61 Å². The lowest BCUT2D eigenvalue weighted by Gasteiger charge is -2.22. The van der Waals surface area contributed by atoms with E-state index in [9.17, 15) is 19.2 Å². The van der Waals surface area contributed by atoms with E-state index in [1.807, 2.05) is 25.1 Å². The number of fused-ring (bicyclic) bond motifs is 2. The Bertz CT molecular complexity index is 1700. The number of thiophene rings is 1. The van der Waals surface area contributed by atoms with Crippen LogP contribution < -0.4 is 4.90 Å². The maximum Gasteiger partial charge on any atom is 0.339 e. The maximum absolute atomic E-state index is 13.2. The smallest absolute Gasteiger partial charge is 0.339 e. The largest absolute Gasteiger partial charge is 0.454 e. The second-order valence-corrected chi connectivity index (χ2v) is 11.8. The van der Waals surface area contributed by atoms with Crippen LogP contribution in [0.4, 0.5) is 5.69 Å². The Kier molecular flexibility index (Phi) is 6.93. The molecule has 1 saturated heterocycles. The second-order valence-electron chi connectivity index (χ2n) is 9.91. The molecule has 0 N–H and O–H groups in total. The number of halogens is 1. The number of ketones is 1. The van der Waals surface area contributed by atoms with Gasteiger partial charge in [0.05, 0.1) is 39.2 Å². The number of amides is 2. The van der Waals surface area contributed by atoms with Crippen molar-refractivity contribution in [1.82, 2.24) is 4.98 Å². The van der Waals surface area contributed by atoms with Crippen LogP contribution in [0, 0.1) is 17.8 Å². The van der Waals surface area contributed by atoms with Crippen molar-refractivity contribution in [2.75, 3.05) is 11.5 Å². The molecule has 0 unspecified atom stereocenters. The van der Waals surface area contributed by atoms with E-state index in [4.69, 9.17) is 9.72 Å². The monoisotopic (exact) mass is 614 g/mol. The van der Waals surface area contributed by atoms with Crippen molar-refractivity contribution in [3.05, 3.63) is 93.1 Å². The summed E-state index contributed by atoms with van der Waals surface area (Å²) in [5.41, 5.74) is 2.58. The van der Waals surface area contributed by atoms with Gasteiger partial charge in [0.25, 0.3) is 0 Å². The molecule has 9 heteroatoms. The molecule has 4 aromatic rings. The van der Waals surface area contributed by atoms with E-state index in [0.29, 0.717) is 39.1 Å². The summed E-state index contributed by atoms with van der Waals surface area (Å²) in [5.74, 6) is -1.89. The van der Waals surface area contributed by atoms with Crippen molar-refractivity contribution in [3.63, 3.8) is 0 Å². The fraction of sp³-hybridized carbons (Fsp3) is 0.194. The van der Waals surface area contributed by atoms with E-state index in [1.165, 1.54) is 16.2 Å². The lowest BCUT2D eigenvalue weighted by atomic mass is 9.78. The molecule has 3 atom stereocenters. The SMILES string of the molecule is C[C@H]1C=CC[C@H]2C(=O)N(c3ccc(-c4cc(C(=O)OCC(=O)c5cccs5)c5cc(Br)ccc5n4)cc3)C(=O)[C@H]12. The van der Waals surface area contributed by atoms with E-state index < -0.39 is 5.97 Å². The first-order valence-electron chi connectivity index (χ1n) is 12.8. The minimum atomic E-state index is -0.633. The van der Waals surface area contributed by atoms with Crippen molar-refractivity contribution in [1.29, 1.82) is 0 Å². The fourth-order valence-electron chi connectivity index (χ4n) is 5.42. The van der Waals surface area contributed by atoms with Crippen LogP contribution in [0.2, 0.25) is 0 Å². The molecule has 0 radical (unpaired) electrons. The Morgan fingerprint density at radius 2 is 1.88 bits per heavy atom. The highest BCUT2D eigenvalue weighted by Crippen LogP contribution is 2.40. The summed E-state index contributed by atoms with van der Waals surface area (Å²) in [6.45, 7) is 1.60. The molecule has 6 rings (SSSR count). The second kappa shape index (κ2) is 10.6. The molecular weight excluding hydrogens is 592 g/mol. The molecular formula is C31H23BrN2O5S. The molecule has 1 aliphatic carbocycles. The van der Waals surface area contributed by atoms with Crippen molar-refractivity contribution in [3.8, 4) is 11.3 Å². The van der Waals surface area contributed by atoms with Crippen molar-refractivity contribution < 1.29 is 23.9 Å². The molecule has 2 amide bonds. The highest BCUT2D eigenvalue weighted by molar-refractivity contribution is 9.10. The predicted molar refractivity (Wildman–Crippen MR) is 156 cm³/mol. The van der Waals surface area contributed by atoms with E-state index in [2.05, 4.69) is 15.9 Å². The van der Waals surface area contributed by atoms with Gasteiger partial charge >= 0.3 is 5.97 Å². The van der Waals surface area contributed by atoms with Crippen LogP contribution in [0.15, 0.2) is 82.7 Å². The van der Waals surface area contributed by atoms with Gasteiger partial charge in [0, 0.05) is 15.4 Å². The van der Waals surface area contributed by atoms with Gasteiger partial charge < -0.3 is 4.74 Å². The molecule has 0 bridgehead atoms. The number of esters is 1. The lowest BCUT2D eigenvalue weighted by molar-refractivity contribution is -0.122. The van der Waals surface area contributed by atoms with Gasteiger partial charge in [-0.15, -0.1) is 11.3 Å². The van der Waals surface area contributed by atoms with Gasteiger partial charge in [-0.1, -0.05) is 53.2 Å². The molecule has 3 heterocycles. The molecule has 2 aromatic carbocycles. The number of pyridine rings is 1. The Morgan fingerprint density at radius 3 is 2.60 bits per heavy atom. The average Bonchev–Trinajstić information content (AvgIpc) is 3.59. The highest BCUT2D eigenvalue weighted by atomic mass is 79.9. The first kappa shape index (κ1) is 26.3. The predicted octanol–water partition coefficient (Wildman–Crippen LogP) is 6.47. The lowest BCUT2D eigenvalue weighted by Crippen LogP contribution is -2.31. The maximum atomic E-state index is 13.2. The summed E-state index contributed by atoms with van der Waals surface area (Å²) in [5, 5.41) is 2.38. The first-order chi connectivity index (χ1) is 19.3. The molecule has 1 aliphatic heterocycles. The molecule has 1 fully saturated rings. The standard InChI is InChI=1S/C31H23BrN2O5S/c1-17-4-2-5-21-28(17)30(37)34(29(21)36)20-10-7-18(8-11-20)25-15-23(22-14-19(32)9-12-24(22)33-25)31(38)39-16-26(35)27-6-3-13-40-27/h2-4,6-15,17,21,28H,5,16H2,1H3/t17-,21+,28+/m0/s1. The van der Waals surface area contributed by atoms with E-state index >= 15 is 0 Å². The average molecular weight is 616 g/mol. The minimum Gasteiger partial charge on any atom is -0.454 e. The number of rotatable bonds is 6. The van der Waals surface area contributed by atoms with Crippen LogP contribution in [0.5, 0.6) is 0 Å². The fourth-order valence-corrected chi connectivity index (χ4v) is 6.43. The number of Topliss-reactive ketones (excluding diaryl/α,β-unsaturated/α-hetero) is 1. The molecule has 40 heavy (non-hydrogen) atoms. The normalized spacial score (nSPS) is 20.1. The zero-order chi connectivity index (χ0) is 28.0. The summed E-state index contributed by atoms with van der Waals surface area (Å²) < 4.78 is 6.18. The van der Waals surface area contributed by atoms with Crippen LogP contribution in [0.25, 0.3) is 22.2 Å². The van der Waals surface area contributed by atoms with Crippen LogP contribution >= 0.6 is 27.3 Å². The summed E-state index contributed by atoms with van der Waals surface area (Å²) in [6, 6.07) is 17.5. The summed E-state index contributed by atoms with van der Waals surface area (Å²) in [4.78, 5) is 58.4. The number of hydrogen-bond acceptors (Lipinski definition) is 7. The number of carbonyl (C=O) groups is 4. The molecule has 2 aromatic heterocycles. The Labute approximate surface area is 242 Å². The number of carbonyl (C=O) groups excluding carboxylic acids is 4. The molecule has 200 valence electrons. The molecule has 0 spiro atoms. The van der Waals surface area contributed by atoms with Crippen LogP contribution in [-0.2, 0) is 14.3 Å². The quantitative estimate of drug-likeness (QED) is 0.107. The topological polar surface area (TPSA) is 93.6 Å². The third-order valence-electron chi connectivity index (χ3n) is 7.41. The summed E-state index contributed by atoms with van der Waals surface area (Å²) in [6.07, 6.45) is 4.56. The van der Waals surface area contributed by atoms with Gasteiger partial charge in [-0.2, -0.15) is 0 Å². The minimum absolute atomic E-state index is 0.0140. The number of aromatic nitrogens is 1. The van der Waals surface area contributed by atoms with Crippen molar-refractivity contribution in [2.24, 2.45) is 17.8 Å². The number of allylic oxidation sites excluding steroid dienone is 2. The number of nitrogens with zero attached hydrogens (tertiary/aromatic N) is 2. The van der Waals surface area contributed by atoms with Crippen LogP contribution in [0.3, 0.4) is 0 Å². The van der Waals surface area contributed by atoms with Crippen LogP contribution in [0.1, 0.15) is 33.4 Å². The van der Waals surface area contributed by atoms with Crippen molar-refractivity contribution in [2.45, 2.75) is 13.3 Å². The van der Waals surface area contributed by atoms with Crippen molar-refractivity contribution >= 4 is 67.4 Å². The third-order valence-corrected chi connectivity index (χ3v) is 8.82. The Hall–Kier alpha value is -3.95. The number of anilines is 1. The summed E-state index contributed by atoms with van der Waals surface area (Å²) >= 11 is 4.74. The van der Waals surface area contributed by atoms with E-state index in [0.717, 1.165) is 4.47 Å². The first-order valence-corrected chi connectivity index (χ1v) is 14.5. The zero-order valence-electron chi connectivity index (χ0n) is 21.4. The third kappa shape index (κ3) is 4.69. The number of ether oxygens (including phenoxy) is 1. The summed E-state index contributed by atoms with van der Waals surface area (Å²) in [7, 11) is 0. The van der Waals surface area contributed by atoms with Gasteiger partial charge in [0.1, 0.15) is 0 Å². The zero-order valence-corrected chi connectivity index (χ0v) is 23.8. The molecule has 7 nitrogen and oxygen atoms in total. The van der Waals surface area contributed by atoms with Gasteiger partial charge in [0.2, 0.25) is 17.6 Å². The Balaban J connectivity index is 1.30. The van der Waals surface area contributed by atoms with Gasteiger partial charge in [-0.05, 0) is 60.2 Å². The van der Waals surface area contributed by atoms with Gasteiger partial charge in [-0.25, -0.2) is 9.78 Å².